The van der Waals surface area contributed by atoms with Crippen LogP contribution in [0.1, 0.15) is 75.3 Å². The third-order valence-electron chi connectivity index (χ3n) is 7.96. The molecule has 0 aromatic heterocycles. The first kappa shape index (κ1) is 42.8. The third kappa shape index (κ3) is 24.9. The summed E-state index contributed by atoms with van der Waals surface area (Å²) in [6.07, 6.45) is 13.9. The lowest BCUT2D eigenvalue weighted by Gasteiger charge is -2.16. The van der Waals surface area contributed by atoms with E-state index in [1.165, 1.54) is 56.1 Å². The summed E-state index contributed by atoms with van der Waals surface area (Å²) in [5.41, 5.74) is 13.9. The Morgan fingerprint density at radius 1 is 0.646 bits per heavy atom. The molecule has 272 valence electrons. The van der Waals surface area contributed by atoms with Crippen molar-refractivity contribution in [1.29, 1.82) is 0 Å². The second-order valence-electron chi connectivity index (χ2n) is 12.1. The first-order chi connectivity index (χ1) is 23.5. The van der Waals surface area contributed by atoms with Crippen LogP contribution in [0.5, 0.6) is 0 Å². The summed E-state index contributed by atoms with van der Waals surface area (Å²) in [4.78, 5) is 6.20. The van der Waals surface area contributed by atoms with E-state index in [1.807, 2.05) is 32.3 Å². The van der Waals surface area contributed by atoms with Gasteiger partial charge in [0, 0.05) is 25.7 Å². The third-order valence-corrected chi connectivity index (χ3v) is 7.96. The van der Waals surface area contributed by atoms with Crippen LogP contribution in [0.25, 0.3) is 0 Å². The smallest absolute Gasteiger partial charge is 0.435 e. The number of methoxy groups -OCH3 is 2. The fourth-order valence-corrected chi connectivity index (χ4v) is 5.08. The van der Waals surface area contributed by atoms with Crippen molar-refractivity contribution >= 4 is 12.0 Å². The molecule has 0 aliphatic carbocycles. The Balaban J connectivity index is 0.000000480. The summed E-state index contributed by atoms with van der Waals surface area (Å²) in [7, 11) is 7.14. The largest absolute Gasteiger partial charge is 0.439 e. The molecule has 10 nitrogen and oxygen atoms in total. The van der Waals surface area contributed by atoms with E-state index >= 15 is 0 Å². The normalized spacial score (nSPS) is 13.0. The van der Waals surface area contributed by atoms with Gasteiger partial charge >= 0.3 is 12.0 Å². The number of hydrogen-bond donors (Lipinski definition) is 6. The highest BCUT2D eigenvalue weighted by Crippen LogP contribution is 2.06. The van der Waals surface area contributed by atoms with E-state index < -0.39 is 0 Å². The number of benzene rings is 2. The lowest BCUT2D eigenvalue weighted by Crippen LogP contribution is -2.83. The molecule has 0 spiro atoms. The van der Waals surface area contributed by atoms with E-state index in [9.17, 15) is 0 Å². The van der Waals surface area contributed by atoms with E-state index in [0.29, 0.717) is 24.7 Å². The Morgan fingerprint density at radius 2 is 1.17 bits per heavy atom. The fraction of sp³-hybridized carbons (Fsp3) is 0.632. The highest BCUT2D eigenvalue weighted by Gasteiger charge is 2.13. The van der Waals surface area contributed by atoms with Gasteiger partial charge in [-0.1, -0.05) is 92.8 Å². The molecule has 0 saturated heterocycles. The van der Waals surface area contributed by atoms with E-state index in [2.05, 4.69) is 63.1 Å². The van der Waals surface area contributed by atoms with Crippen molar-refractivity contribution in [3.63, 3.8) is 0 Å². The minimum atomic E-state index is 0.114. The number of nitrogens with one attached hydrogen (secondary N) is 4. The number of unbranched alkanes of at least 4 members (excludes halogenated alkanes) is 8. The average molecular weight is 673 g/mol. The van der Waals surface area contributed by atoms with Crippen LogP contribution in [-0.2, 0) is 31.8 Å². The Kier molecular flexibility index (Phi) is 27.8. The van der Waals surface area contributed by atoms with Crippen molar-refractivity contribution in [2.75, 3.05) is 67.8 Å². The standard InChI is InChI=1S/2C19H33N3O2/c1-21-18(15-17-11-7-6-8-12-17)16-24-14-10-5-3-4-9-13-22-19(20)23-2;1-21-13-9-4-3-5-10-14-24-16-18(22-19(20)23-2)15-17-11-7-6-8-12-17/h2*6-8,11-12,18,21H,3-5,9-10,13-16H2,1-2H3,(H2,20,22)/p+2. The van der Waals surface area contributed by atoms with Crippen molar-refractivity contribution in [3.05, 3.63) is 71.8 Å². The minimum absolute atomic E-state index is 0.114. The van der Waals surface area contributed by atoms with Crippen molar-refractivity contribution in [1.82, 2.24) is 10.6 Å². The van der Waals surface area contributed by atoms with Gasteiger partial charge < -0.3 is 29.6 Å². The molecule has 0 bridgehead atoms. The highest BCUT2D eigenvalue weighted by atomic mass is 16.5. The van der Waals surface area contributed by atoms with Crippen LogP contribution in [-0.4, -0.2) is 92.0 Å². The maximum absolute atomic E-state index is 5.84. The van der Waals surface area contributed by atoms with Crippen molar-refractivity contribution in [3.8, 4) is 0 Å². The zero-order valence-electron chi connectivity index (χ0n) is 30.4. The van der Waals surface area contributed by atoms with Gasteiger partial charge in [0.1, 0.15) is 6.04 Å². The molecule has 0 saturated carbocycles. The lowest BCUT2D eigenvalue weighted by molar-refractivity contribution is -0.517. The van der Waals surface area contributed by atoms with Crippen LogP contribution >= 0.6 is 0 Å². The number of amidine groups is 2. The fourth-order valence-electron chi connectivity index (χ4n) is 5.08. The number of rotatable bonds is 26. The molecular weight excluding hydrogens is 604 g/mol. The number of nitrogens with two attached hydrogens (primary N) is 2. The SMILES string of the molecule is CNC(COCCCCCCC[NH+]=C(N)OC)Cc1ccccc1.CNCCCCCCCOCC(Cc1ccccc1)[NH+]=C(N)OC. The Bertz CT molecular complexity index is 1040. The van der Waals surface area contributed by atoms with E-state index in [4.69, 9.17) is 30.4 Å². The summed E-state index contributed by atoms with van der Waals surface area (Å²) < 4.78 is 21.5. The predicted octanol–water partition coefficient (Wildman–Crippen LogP) is 1.65. The van der Waals surface area contributed by atoms with Crippen molar-refractivity contribution in [2.24, 2.45) is 11.5 Å². The van der Waals surface area contributed by atoms with Gasteiger partial charge in [0.2, 0.25) is 0 Å². The molecular formula is C38H68N6O4+2. The van der Waals surface area contributed by atoms with Gasteiger partial charge in [0.15, 0.2) is 0 Å². The second kappa shape index (κ2) is 31.1. The van der Waals surface area contributed by atoms with Gasteiger partial charge in [0.25, 0.3) is 0 Å². The Hall–Kier alpha value is -3.18. The Morgan fingerprint density at radius 3 is 1.73 bits per heavy atom. The summed E-state index contributed by atoms with van der Waals surface area (Å²) >= 11 is 0. The average Bonchev–Trinajstić information content (AvgIpc) is 3.12. The summed E-state index contributed by atoms with van der Waals surface area (Å²) in [5.74, 6) is 0. The van der Waals surface area contributed by atoms with Gasteiger partial charge in [-0.15, -0.1) is 0 Å². The molecule has 0 aliphatic heterocycles. The molecule has 0 radical (unpaired) electrons. The molecule has 10 heteroatoms. The van der Waals surface area contributed by atoms with Gasteiger partial charge in [-0.25, -0.2) is 9.98 Å². The summed E-state index contributed by atoms with van der Waals surface area (Å²) in [6, 6.07) is 22.1. The maximum atomic E-state index is 5.84. The van der Waals surface area contributed by atoms with Gasteiger partial charge in [-0.3, -0.25) is 11.5 Å². The van der Waals surface area contributed by atoms with Gasteiger partial charge in [-0.05, 0) is 70.3 Å². The maximum Gasteiger partial charge on any atom is 0.439 e. The molecule has 2 atom stereocenters. The first-order valence-corrected chi connectivity index (χ1v) is 17.9. The molecule has 0 aliphatic rings. The molecule has 0 heterocycles. The van der Waals surface area contributed by atoms with Crippen LogP contribution in [0.15, 0.2) is 60.7 Å². The van der Waals surface area contributed by atoms with Crippen molar-refractivity contribution in [2.45, 2.75) is 89.1 Å². The molecule has 2 rings (SSSR count). The van der Waals surface area contributed by atoms with Gasteiger partial charge in [-0.2, -0.15) is 0 Å². The zero-order valence-corrected chi connectivity index (χ0v) is 30.4. The molecule has 48 heavy (non-hydrogen) atoms. The monoisotopic (exact) mass is 673 g/mol. The zero-order chi connectivity index (χ0) is 34.9. The van der Waals surface area contributed by atoms with Crippen molar-refractivity contribution < 1.29 is 28.9 Å². The van der Waals surface area contributed by atoms with Gasteiger partial charge in [0.05, 0.1) is 34.0 Å². The Labute approximate surface area is 291 Å². The van der Waals surface area contributed by atoms with E-state index in [0.717, 1.165) is 65.0 Å². The first-order valence-electron chi connectivity index (χ1n) is 17.9. The summed E-state index contributed by atoms with van der Waals surface area (Å²) in [6.45, 7) is 5.02. The van der Waals surface area contributed by atoms with Crippen LogP contribution < -0.4 is 32.1 Å². The lowest BCUT2D eigenvalue weighted by atomic mass is 10.1. The van der Waals surface area contributed by atoms with Crippen LogP contribution in [0, 0.1) is 0 Å². The number of ether oxygens (including phenoxy) is 4. The topological polar surface area (TPSA) is 141 Å². The molecule has 2 aromatic rings. The predicted molar refractivity (Wildman–Crippen MR) is 198 cm³/mol. The van der Waals surface area contributed by atoms with Crippen LogP contribution in [0.2, 0.25) is 0 Å². The molecule has 2 aromatic carbocycles. The second-order valence-corrected chi connectivity index (χ2v) is 12.1. The minimum Gasteiger partial charge on any atom is -0.435 e. The molecule has 2 unspecified atom stereocenters. The van der Waals surface area contributed by atoms with Crippen LogP contribution in [0.3, 0.4) is 0 Å². The molecule has 0 fully saturated rings. The molecule has 0 amide bonds. The quantitative estimate of drug-likeness (QED) is 0.0504. The summed E-state index contributed by atoms with van der Waals surface area (Å²) in [5, 5.41) is 6.51. The number of likely N-dealkylation sites (N-methyl/N-ethyl adjacent to an activating group) is 1. The van der Waals surface area contributed by atoms with Crippen LogP contribution in [0.4, 0.5) is 0 Å². The number of hydrogen-bond acceptors (Lipinski definition) is 6. The highest BCUT2D eigenvalue weighted by molar-refractivity contribution is 5.64. The van der Waals surface area contributed by atoms with E-state index in [1.54, 1.807) is 14.2 Å². The van der Waals surface area contributed by atoms with E-state index in [-0.39, 0.29) is 6.04 Å². The molecule has 8 N–H and O–H groups in total.